The Morgan fingerprint density at radius 1 is 1.31 bits per heavy atom. The van der Waals surface area contributed by atoms with Gasteiger partial charge in [-0.05, 0) is 31.0 Å². The van der Waals surface area contributed by atoms with Crippen molar-refractivity contribution in [2.45, 2.75) is 25.9 Å². The molecule has 0 aliphatic carbocycles. The minimum Gasteiger partial charge on any atom is -0.380 e. The number of nitrogens with one attached hydrogen (secondary N) is 1. The lowest BCUT2D eigenvalue weighted by atomic mass is 10.1. The second-order valence-corrected chi connectivity index (χ2v) is 8.55. The summed E-state index contributed by atoms with van der Waals surface area (Å²) in [5, 5.41) is 3.23. The molecule has 7 nitrogen and oxygen atoms in total. The van der Waals surface area contributed by atoms with Crippen molar-refractivity contribution in [3.63, 3.8) is 0 Å². The van der Waals surface area contributed by atoms with E-state index in [1.165, 1.54) is 6.20 Å². The van der Waals surface area contributed by atoms with E-state index in [0.29, 0.717) is 25.1 Å². The van der Waals surface area contributed by atoms with Gasteiger partial charge in [0.25, 0.3) is 5.91 Å². The molecule has 1 fully saturated rings. The Hall–Kier alpha value is -2.48. The van der Waals surface area contributed by atoms with Gasteiger partial charge in [0.1, 0.15) is 0 Å². The Labute approximate surface area is 153 Å². The van der Waals surface area contributed by atoms with Crippen molar-refractivity contribution in [2.24, 2.45) is 0 Å². The molecule has 0 aromatic carbocycles. The zero-order valence-corrected chi connectivity index (χ0v) is 15.4. The maximum Gasteiger partial charge on any atom is 0.255 e. The number of nitrogens with zero attached hydrogens (tertiary/aromatic N) is 3. The van der Waals surface area contributed by atoms with Gasteiger partial charge in [0.15, 0.2) is 9.84 Å². The smallest absolute Gasteiger partial charge is 0.255 e. The second-order valence-electron chi connectivity index (χ2n) is 6.33. The van der Waals surface area contributed by atoms with Crippen molar-refractivity contribution in [3.8, 4) is 0 Å². The van der Waals surface area contributed by atoms with Crippen LogP contribution in [0.25, 0.3) is 0 Å². The zero-order valence-electron chi connectivity index (χ0n) is 14.6. The van der Waals surface area contributed by atoms with Crippen molar-refractivity contribution >= 4 is 21.4 Å². The van der Waals surface area contributed by atoms with Crippen LogP contribution in [0.15, 0.2) is 43.0 Å². The molecule has 8 heteroatoms. The van der Waals surface area contributed by atoms with Crippen molar-refractivity contribution in [3.05, 3.63) is 54.1 Å². The van der Waals surface area contributed by atoms with Gasteiger partial charge in [-0.15, -0.1) is 0 Å². The average molecular weight is 374 g/mol. The van der Waals surface area contributed by atoms with E-state index < -0.39 is 9.84 Å². The molecule has 1 saturated heterocycles. The van der Waals surface area contributed by atoms with Crippen LogP contribution in [0.1, 0.15) is 29.3 Å². The fourth-order valence-electron chi connectivity index (χ4n) is 3.12. The summed E-state index contributed by atoms with van der Waals surface area (Å²) in [6, 6.07) is 5.31. The summed E-state index contributed by atoms with van der Waals surface area (Å²) in [7, 11) is -3.04. The first kappa shape index (κ1) is 18.3. The average Bonchev–Trinajstić information content (AvgIpc) is 3.01. The molecule has 26 heavy (non-hydrogen) atoms. The van der Waals surface area contributed by atoms with E-state index in [9.17, 15) is 13.2 Å². The fourth-order valence-corrected chi connectivity index (χ4v) is 4.85. The van der Waals surface area contributed by atoms with Gasteiger partial charge in [-0.2, -0.15) is 0 Å². The Morgan fingerprint density at radius 3 is 2.81 bits per heavy atom. The molecule has 1 aliphatic heterocycles. The van der Waals surface area contributed by atoms with Crippen LogP contribution >= 0.6 is 0 Å². The largest absolute Gasteiger partial charge is 0.380 e. The molecule has 2 aromatic heterocycles. The summed E-state index contributed by atoms with van der Waals surface area (Å²) < 4.78 is 23.5. The standard InChI is InChI=1S/C18H22N4O3S/c1-2-22(17-5-7-26(24,25)13-17)18(23)15-8-16(12-20-11-15)21-10-14-4-3-6-19-9-14/h3-4,6,8-9,11-12,17,21H,2,5,7,10,13H2,1H3. The molecule has 0 bridgehead atoms. The number of sulfone groups is 1. The van der Waals surface area contributed by atoms with E-state index in [4.69, 9.17) is 0 Å². The van der Waals surface area contributed by atoms with Gasteiger partial charge >= 0.3 is 0 Å². The molecule has 1 aliphatic rings. The van der Waals surface area contributed by atoms with E-state index >= 15 is 0 Å². The summed E-state index contributed by atoms with van der Waals surface area (Å²) in [6.45, 7) is 2.90. The van der Waals surface area contributed by atoms with E-state index in [0.717, 1.165) is 11.3 Å². The molecule has 3 rings (SSSR count). The summed E-state index contributed by atoms with van der Waals surface area (Å²) in [4.78, 5) is 22.7. The highest BCUT2D eigenvalue weighted by molar-refractivity contribution is 7.91. The molecule has 1 amide bonds. The first-order valence-corrected chi connectivity index (χ1v) is 10.4. The first-order chi connectivity index (χ1) is 12.5. The normalized spacial score (nSPS) is 18.4. The minimum absolute atomic E-state index is 0.0406. The van der Waals surface area contributed by atoms with E-state index in [1.54, 1.807) is 29.6 Å². The van der Waals surface area contributed by atoms with Crippen LogP contribution in [0.3, 0.4) is 0 Å². The summed E-state index contributed by atoms with van der Waals surface area (Å²) in [5.41, 5.74) is 2.21. The van der Waals surface area contributed by atoms with Crippen LogP contribution < -0.4 is 5.32 Å². The Bertz CT molecular complexity index is 871. The van der Waals surface area contributed by atoms with Gasteiger partial charge < -0.3 is 10.2 Å². The third-order valence-electron chi connectivity index (χ3n) is 4.46. The molecule has 0 spiro atoms. The molecule has 2 aromatic rings. The van der Waals surface area contributed by atoms with Crippen LogP contribution in [-0.4, -0.2) is 53.3 Å². The number of rotatable bonds is 6. The van der Waals surface area contributed by atoms with Gasteiger partial charge in [-0.1, -0.05) is 6.07 Å². The van der Waals surface area contributed by atoms with Crippen molar-refractivity contribution in [1.82, 2.24) is 14.9 Å². The first-order valence-electron chi connectivity index (χ1n) is 8.58. The summed E-state index contributed by atoms with van der Waals surface area (Å²) in [6.07, 6.45) is 7.16. The molecule has 138 valence electrons. The highest BCUT2D eigenvalue weighted by Crippen LogP contribution is 2.20. The Kier molecular flexibility index (Phi) is 5.51. The van der Waals surface area contributed by atoms with E-state index in [2.05, 4.69) is 15.3 Å². The number of hydrogen-bond acceptors (Lipinski definition) is 6. The van der Waals surface area contributed by atoms with Gasteiger partial charge in [0, 0.05) is 43.9 Å². The van der Waals surface area contributed by atoms with E-state index in [-0.39, 0.29) is 23.5 Å². The number of hydrogen-bond donors (Lipinski definition) is 1. The molecule has 3 heterocycles. The number of pyridine rings is 2. The summed E-state index contributed by atoms with van der Waals surface area (Å²) in [5.74, 6) is -0.00197. The topological polar surface area (TPSA) is 92.3 Å². The van der Waals surface area contributed by atoms with Crippen molar-refractivity contribution < 1.29 is 13.2 Å². The van der Waals surface area contributed by atoms with Crippen molar-refractivity contribution in [1.29, 1.82) is 0 Å². The lowest BCUT2D eigenvalue weighted by Crippen LogP contribution is -2.41. The SMILES string of the molecule is CCN(C(=O)c1cncc(NCc2cccnc2)c1)C1CCS(=O)(=O)C1. The Morgan fingerprint density at radius 2 is 2.15 bits per heavy atom. The number of aromatic nitrogens is 2. The van der Waals surface area contributed by atoms with Crippen LogP contribution in [0.2, 0.25) is 0 Å². The van der Waals surface area contributed by atoms with Gasteiger partial charge in [0.05, 0.1) is 22.8 Å². The predicted molar refractivity (Wildman–Crippen MR) is 99.6 cm³/mol. The molecule has 0 radical (unpaired) electrons. The molecular weight excluding hydrogens is 352 g/mol. The second kappa shape index (κ2) is 7.82. The van der Waals surface area contributed by atoms with Crippen molar-refractivity contribution in [2.75, 3.05) is 23.4 Å². The molecule has 1 atom stereocenters. The number of amides is 1. The number of carbonyl (C=O) groups is 1. The third kappa shape index (κ3) is 4.37. The maximum absolute atomic E-state index is 12.9. The molecule has 0 saturated carbocycles. The monoisotopic (exact) mass is 374 g/mol. The van der Waals surface area contributed by atoms with Gasteiger partial charge in [0.2, 0.25) is 0 Å². The van der Waals surface area contributed by atoms with Crippen LogP contribution in [0, 0.1) is 0 Å². The lowest BCUT2D eigenvalue weighted by molar-refractivity contribution is 0.0708. The molecular formula is C18H22N4O3S. The number of anilines is 1. The molecule has 1 unspecified atom stereocenters. The maximum atomic E-state index is 12.9. The minimum atomic E-state index is -3.04. The van der Waals surface area contributed by atoms with Crippen LogP contribution in [0.5, 0.6) is 0 Å². The van der Waals surface area contributed by atoms with Crippen LogP contribution in [0.4, 0.5) is 5.69 Å². The molecule has 1 N–H and O–H groups in total. The lowest BCUT2D eigenvalue weighted by Gasteiger charge is -2.27. The fraction of sp³-hybridized carbons (Fsp3) is 0.389. The highest BCUT2D eigenvalue weighted by Gasteiger charge is 2.34. The summed E-state index contributed by atoms with van der Waals surface area (Å²) >= 11 is 0. The zero-order chi connectivity index (χ0) is 18.6. The predicted octanol–water partition coefficient (Wildman–Crippen LogP) is 1.74. The van der Waals surface area contributed by atoms with Crippen LogP contribution in [-0.2, 0) is 16.4 Å². The Balaban J connectivity index is 1.71. The van der Waals surface area contributed by atoms with E-state index in [1.807, 2.05) is 19.1 Å². The third-order valence-corrected chi connectivity index (χ3v) is 6.21. The van der Waals surface area contributed by atoms with Gasteiger partial charge in [-0.25, -0.2) is 8.42 Å². The number of carbonyl (C=O) groups excluding carboxylic acids is 1. The highest BCUT2D eigenvalue weighted by atomic mass is 32.2. The quantitative estimate of drug-likeness (QED) is 0.828. The van der Waals surface area contributed by atoms with Gasteiger partial charge in [-0.3, -0.25) is 14.8 Å².